The monoisotopic (exact) mass is 335 g/mol. The highest BCUT2D eigenvalue weighted by atomic mass is 19.4. The molecule has 0 aromatic carbocycles. The van der Waals surface area contributed by atoms with E-state index in [1.165, 1.54) is 0 Å². The van der Waals surface area contributed by atoms with Crippen LogP contribution in [0.5, 0.6) is 0 Å². The van der Waals surface area contributed by atoms with Gasteiger partial charge in [0.2, 0.25) is 5.95 Å². The first-order valence-corrected chi connectivity index (χ1v) is 7.27. The summed E-state index contributed by atoms with van der Waals surface area (Å²) >= 11 is 0. The van der Waals surface area contributed by atoms with Crippen molar-refractivity contribution in [2.45, 2.75) is 32.1 Å². The van der Waals surface area contributed by atoms with Crippen LogP contribution in [-0.2, 0) is 15.7 Å². The van der Waals surface area contributed by atoms with Gasteiger partial charge in [-0.3, -0.25) is 0 Å². The van der Waals surface area contributed by atoms with Gasteiger partial charge in [0.15, 0.2) is 6.17 Å². The average Bonchev–Trinajstić information content (AvgIpc) is 2.54. The highest BCUT2D eigenvalue weighted by molar-refractivity contribution is 5.74. The predicted molar refractivity (Wildman–Crippen MR) is 73.5 cm³/mol. The van der Waals surface area contributed by atoms with Crippen LogP contribution in [0.15, 0.2) is 12.4 Å². The Morgan fingerprint density at radius 1 is 1.35 bits per heavy atom. The van der Waals surface area contributed by atoms with E-state index in [1.807, 2.05) is 0 Å². The molecule has 0 aliphatic carbocycles. The minimum absolute atomic E-state index is 0.123. The molecule has 1 saturated heterocycles. The Bertz CT molecular complexity index is 528. The molecule has 0 spiro atoms. The third-order valence-corrected chi connectivity index (χ3v) is 3.71. The Morgan fingerprint density at radius 2 is 1.91 bits per heavy atom. The Morgan fingerprint density at radius 3 is 2.39 bits per heavy atom. The maximum Gasteiger partial charge on any atom is 0.419 e. The van der Waals surface area contributed by atoms with Crippen LogP contribution in [-0.4, -0.2) is 41.8 Å². The van der Waals surface area contributed by atoms with Gasteiger partial charge < -0.3 is 9.64 Å². The largest absolute Gasteiger partial charge is 0.464 e. The van der Waals surface area contributed by atoms with Gasteiger partial charge in [-0.05, 0) is 19.8 Å². The van der Waals surface area contributed by atoms with Crippen LogP contribution < -0.4 is 4.90 Å². The first kappa shape index (κ1) is 17.4. The quantitative estimate of drug-likeness (QED) is 0.625. The SMILES string of the molecule is CCOC(=O)C(F)C1CCN(c2ncc(C(F)(F)F)cn2)CC1. The van der Waals surface area contributed by atoms with Crippen LogP contribution >= 0.6 is 0 Å². The Hall–Kier alpha value is -1.93. The van der Waals surface area contributed by atoms with Crippen LogP contribution in [0.25, 0.3) is 0 Å². The minimum Gasteiger partial charge on any atom is -0.464 e. The van der Waals surface area contributed by atoms with Crippen LogP contribution in [0.4, 0.5) is 23.5 Å². The normalized spacial score (nSPS) is 17.9. The molecule has 0 radical (unpaired) electrons. The first-order chi connectivity index (χ1) is 10.8. The van der Waals surface area contributed by atoms with E-state index in [0.717, 1.165) is 12.4 Å². The zero-order chi connectivity index (χ0) is 17.0. The van der Waals surface area contributed by atoms with Crippen molar-refractivity contribution in [2.75, 3.05) is 24.6 Å². The van der Waals surface area contributed by atoms with Crippen LogP contribution in [0, 0.1) is 5.92 Å². The molecule has 9 heteroatoms. The third kappa shape index (κ3) is 4.29. The molecule has 2 rings (SSSR count). The van der Waals surface area contributed by atoms with Crippen molar-refractivity contribution in [3.63, 3.8) is 0 Å². The smallest absolute Gasteiger partial charge is 0.419 e. The number of halogens is 4. The summed E-state index contributed by atoms with van der Waals surface area (Å²) in [5, 5.41) is 0. The second kappa shape index (κ2) is 7.10. The van der Waals surface area contributed by atoms with Gasteiger partial charge in [-0.15, -0.1) is 0 Å². The molecule has 1 aromatic rings. The summed E-state index contributed by atoms with van der Waals surface area (Å²) in [7, 11) is 0. The summed E-state index contributed by atoms with van der Waals surface area (Å²) < 4.78 is 56.0. The van der Waals surface area contributed by atoms with Crippen molar-refractivity contribution in [3.8, 4) is 0 Å². The molecule has 1 fully saturated rings. The average molecular weight is 335 g/mol. The second-order valence-electron chi connectivity index (χ2n) is 5.25. The molecule has 128 valence electrons. The van der Waals surface area contributed by atoms with E-state index in [-0.39, 0.29) is 12.6 Å². The van der Waals surface area contributed by atoms with E-state index in [9.17, 15) is 22.4 Å². The fourth-order valence-corrected chi connectivity index (χ4v) is 2.44. The molecule has 2 heterocycles. The van der Waals surface area contributed by atoms with Crippen molar-refractivity contribution in [2.24, 2.45) is 5.92 Å². The second-order valence-corrected chi connectivity index (χ2v) is 5.25. The summed E-state index contributed by atoms with van der Waals surface area (Å²) in [5.41, 5.74) is -0.915. The number of aromatic nitrogens is 2. The van der Waals surface area contributed by atoms with Gasteiger partial charge in [0.25, 0.3) is 0 Å². The number of hydrogen-bond donors (Lipinski definition) is 0. The highest BCUT2D eigenvalue weighted by Crippen LogP contribution is 2.29. The number of piperidine rings is 1. The number of carbonyl (C=O) groups excluding carboxylic acids is 1. The lowest BCUT2D eigenvalue weighted by atomic mass is 9.92. The van der Waals surface area contributed by atoms with Gasteiger partial charge in [-0.2, -0.15) is 13.2 Å². The number of nitrogens with zero attached hydrogens (tertiary/aromatic N) is 3. The van der Waals surface area contributed by atoms with Gasteiger partial charge in [0, 0.05) is 31.4 Å². The number of anilines is 1. The molecule has 1 aliphatic rings. The fourth-order valence-electron chi connectivity index (χ4n) is 2.44. The predicted octanol–water partition coefficient (Wildman–Crippen LogP) is 2.61. The molecule has 1 atom stereocenters. The molecule has 1 aliphatic heterocycles. The molecule has 0 amide bonds. The van der Waals surface area contributed by atoms with Crippen LogP contribution in [0.3, 0.4) is 0 Å². The third-order valence-electron chi connectivity index (χ3n) is 3.71. The highest BCUT2D eigenvalue weighted by Gasteiger charge is 2.34. The lowest BCUT2D eigenvalue weighted by Crippen LogP contribution is -2.40. The molecule has 5 nitrogen and oxygen atoms in total. The van der Waals surface area contributed by atoms with Crippen molar-refractivity contribution in [1.29, 1.82) is 0 Å². The number of ether oxygens (including phenoxy) is 1. The number of hydrogen-bond acceptors (Lipinski definition) is 5. The molecular formula is C14H17F4N3O2. The summed E-state index contributed by atoms with van der Waals surface area (Å²) in [5.74, 6) is -1.15. The van der Waals surface area contributed by atoms with E-state index in [1.54, 1.807) is 11.8 Å². The maximum atomic E-state index is 13.9. The van der Waals surface area contributed by atoms with Crippen LogP contribution in [0.2, 0.25) is 0 Å². The van der Waals surface area contributed by atoms with E-state index in [4.69, 9.17) is 0 Å². The number of rotatable bonds is 4. The Labute approximate surface area is 130 Å². The summed E-state index contributed by atoms with van der Waals surface area (Å²) in [6.07, 6.45) is -3.94. The van der Waals surface area contributed by atoms with Crippen molar-refractivity contribution < 1.29 is 27.1 Å². The summed E-state index contributed by atoms with van der Waals surface area (Å²) in [6.45, 7) is 2.47. The van der Waals surface area contributed by atoms with Crippen molar-refractivity contribution in [3.05, 3.63) is 18.0 Å². The zero-order valence-electron chi connectivity index (χ0n) is 12.5. The summed E-state index contributed by atoms with van der Waals surface area (Å²) in [4.78, 5) is 20.5. The number of esters is 1. The van der Waals surface area contributed by atoms with Gasteiger partial charge in [0.1, 0.15) is 0 Å². The lowest BCUT2D eigenvalue weighted by Gasteiger charge is -2.32. The molecular weight excluding hydrogens is 318 g/mol. The molecule has 0 N–H and O–H groups in total. The van der Waals surface area contributed by atoms with E-state index < -0.39 is 29.8 Å². The van der Waals surface area contributed by atoms with E-state index in [0.29, 0.717) is 25.9 Å². The van der Waals surface area contributed by atoms with Crippen molar-refractivity contribution >= 4 is 11.9 Å². The van der Waals surface area contributed by atoms with Crippen LogP contribution in [0.1, 0.15) is 25.3 Å². The van der Waals surface area contributed by atoms with Gasteiger partial charge in [-0.1, -0.05) is 0 Å². The molecule has 0 bridgehead atoms. The molecule has 23 heavy (non-hydrogen) atoms. The summed E-state index contributed by atoms with van der Waals surface area (Å²) in [6, 6.07) is 0. The Kier molecular flexibility index (Phi) is 5.38. The van der Waals surface area contributed by atoms with E-state index in [2.05, 4.69) is 14.7 Å². The molecule has 0 saturated carbocycles. The van der Waals surface area contributed by atoms with Gasteiger partial charge in [0.05, 0.1) is 12.2 Å². The zero-order valence-corrected chi connectivity index (χ0v) is 12.5. The Balaban J connectivity index is 1.93. The maximum absolute atomic E-state index is 13.9. The van der Waals surface area contributed by atoms with Gasteiger partial charge in [-0.25, -0.2) is 19.2 Å². The minimum atomic E-state index is -4.48. The van der Waals surface area contributed by atoms with Crippen molar-refractivity contribution in [1.82, 2.24) is 9.97 Å². The topological polar surface area (TPSA) is 55.3 Å². The fraction of sp³-hybridized carbons (Fsp3) is 0.643. The number of carbonyl (C=O) groups is 1. The molecule has 1 aromatic heterocycles. The van der Waals surface area contributed by atoms with E-state index >= 15 is 0 Å². The molecule has 1 unspecified atom stereocenters. The number of alkyl halides is 4. The van der Waals surface area contributed by atoms with Gasteiger partial charge >= 0.3 is 12.1 Å². The standard InChI is InChI=1S/C14H17F4N3O2/c1-2-23-12(22)11(15)9-3-5-21(6-4-9)13-19-7-10(8-20-13)14(16,17)18/h7-9,11H,2-6H2,1H3. The first-order valence-electron chi connectivity index (χ1n) is 7.27. The lowest BCUT2D eigenvalue weighted by molar-refractivity contribution is -0.151.